The number of anilines is 4. The minimum absolute atomic E-state index is 0.123. The highest BCUT2D eigenvalue weighted by Crippen LogP contribution is 2.38. The standard InChI is InChI=1S/C28H31F3N4/c29-28(30,31)25-18-32-27(34-23-15-13-21(14-16-23)19-9-4-5-10-19)35-26(25)33-24-12-6-11-22(17-24)20-7-2-1-3-8-20/h6,11-20H,1-5,7-10H2,(H2,32,33,34,35). The number of benzene rings is 2. The molecule has 1 aromatic heterocycles. The summed E-state index contributed by atoms with van der Waals surface area (Å²) in [5.41, 5.74) is 2.93. The molecule has 2 saturated carbocycles. The van der Waals surface area contributed by atoms with Crippen LogP contribution in [0.4, 0.5) is 36.3 Å². The monoisotopic (exact) mass is 480 g/mol. The summed E-state index contributed by atoms with van der Waals surface area (Å²) >= 11 is 0. The lowest BCUT2D eigenvalue weighted by Crippen LogP contribution is -2.13. The molecule has 2 aliphatic rings. The van der Waals surface area contributed by atoms with Gasteiger partial charge in [-0.25, -0.2) is 4.98 Å². The largest absolute Gasteiger partial charge is 0.421 e. The van der Waals surface area contributed by atoms with Crippen molar-refractivity contribution in [3.8, 4) is 0 Å². The van der Waals surface area contributed by atoms with Gasteiger partial charge in [0.05, 0.1) is 0 Å². The Labute approximate surface area is 204 Å². The van der Waals surface area contributed by atoms with Crippen LogP contribution in [0.5, 0.6) is 0 Å². The van der Waals surface area contributed by atoms with Gasteiger partial charge in [-0.2, -0.15) is 18.2 Å². The lowest BCUT2D eigenvalue weighted by molar-refractivity contribution is -0.137. The van der Waals surface area contributed by atoms with E-state index in [1.165, 1.54) is 50.5 Å². The Morgan fingerprint density at radius 3 is 2.06 bits per heavy atom. The number of halogens is 3. The maximum Gasteiger partial charge on any atom is 0.421 e. The number of aromatic nitrogens is 2. The molecule has 0 saturated heterocycles. The molecule has 2 fully saturated rings. The van der Waals surface area contributed by atoms with E-state index in [4.69, 9.17) is 0 Å². The van der Waals surface area contributed by atoms with Crippen LogP contribution in [0, 0.1) is 0 Å². The Hall–Kier alpha value is -3.09. The van der Waals surface area contributed by atoms with Gasteiger partial charge in [0.1, 0.15) is 11.4 Å². The van der Waals surface area contributed by atoms with Gasteiger partial charge in [0.25, 0.3) is 0 Å². The molecule has 2 N–H and O–H groups in total. The lowest BCUT2D eigenvalue weighted by Gasteiger charge is -2.22. The van der Waals surface area contributed by atoms with E-state index in [-0.39, 0.29) is 11.8 Å². The van der Waals surface area contributed by atoms with Crippen LogP contribution in [0.2, 0.25) is 0 Å². The topological polar surface area (TPSA) is 49.8 Å². The molecule has 0 aliphatic heterocycles. The van der Waals surface area contributed by atoms with Gasteiger partial charge >= 0.3 is 6.18 Å². The van der Waals surface area contributed by atoms with Crippen LogP contribution in [0.3, 0.4) is 0 Å². The minimum atomic E-state index is -4.56. The number of rotatable bonds is 6. The maximum atomic E-state index is 13.7. The molecule has 2 aromatic carbocycles. The predicted molar refractivity (Wildman–Crippen MR) is 134 cm³/mol. The first-order chi connectivity index (χ1) is 17.0. The van der Waals surface area contributed by atoms with Crippen molar-refractivity contribution in [1.29, 1.82) is 0 Å². The predicted octanol–water partition coefficient (Wildman–Crippen LogP) is 8.69. The second-order valence-corrected chi connectivity index (χ2v) is 9.77. The van der Waals surface area contributed by atoms with Gasteiger partial charge in [-0.1, -0.05) is 56.4 Å². The fourth-order valence-electron chi connectivity index (χ4n) is 5.41. The third-order valence-electron chi connectivity index (χ3n) is 7.31. The average Bonchev–Trinajstić information content (AvgIpc) is 3.40. The summed E-state index contributed by atoms with van der Waals surface area (Å²) in [4.78, 5) is 8.17. The average molecular weight is 481 g/mol. The zero-order valence-electron chi connectivity index (χ0n) is 19.7. The van der Waals surface area contributed by atoms with E-state index < -0.39 is 11.7 Å². The molecule has 5 rings (SSSR count). The minimum Gasteiger partial charge on any atom is -0.340 e. The summed E-state index contributed by atoms with van der Waals surface area (Å²) in [6.07, 6.45) is 7.14. The molecule has 184 valence electrons. The fraction of sp³-hybridized carbons (Fsp3) is 0.429. The molecule has 2 aliphatic carbocycles. The third-order valence-corrected chi connectivity index (χ3v) is 7.31. The maximum absolute atomic E-state index is 13.7. The van der Waals surface area contributed by atoms with Crippen LogP contribution in [0.1, 0.15) is 86.3 Å². The van der Waals surface area contributed by atoms with E-state index in [0.29, 0.717) is 17.5 Å². The van der Waals surface area contributed by atoms with Crippen molar-refractivity contribution in [1.82, 2.24) is 9.97 Å². The Bertz CT molecular complexity index is 1130. The van der Waals surface area contributed by atoms with Crippen molar-refractivity contribution in [3.63, 3.8) is 0 Å². The van der Waals surface area contributed by atoms with Crippen molar-refractivity contribution in [2.75, 3.05) is 10.6 Å². The van der Waals surface area contributed by atoms with E-state index in [2.05, 4.69) is 38.8 Å². The molecule has 3 aromatic rings. The summed E-state index contributed by atoms with van der Waals surface area (Å²) in [7, 11) is 0. The highest BCUT2D eigenvalue weighted by atomic mass is 19.4. The van der Waals surface area contributed by atoms with E-state index in [0.717, 1.165) is 30.3 Å². The molecule has 0 amide bonds. The molecule has 7 heteroatoms. The van der Waals surface area contributed by atoms with Gasteiger partial charge in [-0.15, -0.1) is 0 Å². The summed E-state index contributed by atoms with van der Waals surface area (Å²) in [5.74, 6) is 0.935. The van der Waals surface area contributed by atoms with Crippen LogP contribution in [0.15, 0.2) is 54.7 Å². The number of hydrogen-bond acceptors (Lipinski definition) is 4. The van der Waals surface area contributed by atoms with Crippen LogP contribution >= 0.6 is 0 Å². The van der Waals surface area contributed by atoms with Crippen LogP contribution in [-0.4, -0.2) is 9.97 Å². The summed E-state index contributed by atoms with van der Waals surface area (Å²) < 4.78 is 41.2. The van der Waals surface area contributed by atoms with Gasteiger partial charge in [0, 0.05) is 17.6 Å². The third kappa shape index (κ3) is 5.77. The molecule has 0 bridgehead atoms. The Balaban J connectivity index is 1.37. The molecule has 4 nitrogen and oxygen atoms in total. The SMILES string of the molecule is FC(F)(F)c1cnc(Nc2ccc(C3CCCC3)cc2)nc1Nc1cccc(C2CCCCC2)c1. The van der Waals surface area contributed by atoms with Gasteiger partial charge in [-0.05, 0) is 72.9 Å². The summed E-state index contributed by atoms with van der Waals surface area (Å²) in [6.45, 7) is 0. The number of alkyl halides is 3. The zero-order valence-corrected chi connectivity index (χ0v) is 19.7. The molecule has 35 heavy (non-hydrogen) atoms. The molecule has 0 atom stereocenters. The fourth-order valence-corrected chi connectivity index (χ4v) is 5.41. The first kappa shape index (κ1) is 23.6. The first-order valence-corrected chi connectivity index (χ1v) is 12.6. The quantitative estimate of drug-likeness (QED) is 0.370. The Morgan fingerprint density at radius 1 is 0.714 bits per heavy atom. The molecule has 0 unspecified atom stereocenters. The molecular weight excluding hydrogens is 449 g/mol. The Morgan fingerprint density at radius 2 is 1.37 bits per heavy atom. The smallest absolute Gasteiger partial charge is 0.340 e. The number of hydrogen-bond donors (Lipinski definition) is 2. The van der Waals surface area contributed by atoms with Crippen molar-refractivity contribution in [2.45, 2.75) is 75.8 Å². The van der Waals surface area contributed by atoms with Crippen molar-refractivity contribution < 1.29 is 13.2 Å². The van der Waals surface area contributed by atoms with Crippen LogP contribution in [-0.2, 0) is 6.18 Å². The number of nitrogens with one attached hydrogen (secondary N) is 2. The molecule has 0 radical (unpaired) electrons. The van der Waals surface area contributed by atoms with Crippen LogP contribution in [0.25, 0.3) is 0 Å². The summed E-state index contributed by atoms with van der Waals surface area (Å²) in [6, 6.07) is 15.7. The van der Waals surface area contributed by atoms with E-state index in [1.54, 1.807) is 6.07 Å². The highest BCUT2D eigenvalue weighted by Gasteiger charge is 2.35. The lowest BCUT2D eigenvalue weighted by atomic mass is 9.84. The highest BCUT2D eigenvalue weighted by molar-refractivity contribution is 5.63. The first-order valence-electron chi connectivity index (χ1n) is 12.6. The van der Waals surface area contributed by atoms with Crippen molar-refractivity contribution in [3.05, 3.63) is 71.4 Å². The molecule has 0 spiro atoms. The molecular formula is C28H31F3N4. The van der Waals surface area contributed by atoms with Crippen LogP contribution < -0.4 is 10.6 Å². The van der Waals surface area contributed by atoms with E-state index >= 15 is 0 Å². The van der Waals surface area contributed by atoms with E-state index in [1.807, 2.05) is 24.3 Å². The van der Waals surface area contributed by atoms with E-state index in [9.17, 15) is 13.2 Å². The second kappa shape index (κ2) is 10.3. The van der Waals surface area contributed by atoms with Gasteiger partial charge in [0.2, 0.25) is 5.95 Å². The molecule has 1 heterocycles. The summed E-state index contributed by atoms with van der Waals surface area (Å²) in [5, 5.41) is 5.98. The Kier molecular flexibility index (Phi) is 6.93. The van der Waals surface area contributed by atoms with Crippen molar-refractivity contribution in [2.24, 2.45) is 0 Å². The zero-order chi connectivity index (χ0) is 24.3. The second-order valence-electron chi connectivity index (χ2n) is 9.77. The van der Waals surface area contributed by atoms with Gasteiger partial charge in [-0.3, -0.25) is 0 Å². The normalized spacial score (nSPS) is 17.5. The number of nitrogens with zero attached hydrogens (tertiary/aromatic N) is 2. The van der Waals surface area contributed by atoms with Gasteiger partial charge < -0.3 is 10.6 Å². The van der Waals surface area contributed by atoms with Gasteiger partial charge in [0.15, 0.2) is 0 Å². The van der Waals surface area contributed by atoms with Crippen molar-refractivity contribution >= 4 is 23.1 Å².